The molecule has 0 unspecified atom stereocenters. The molecule has 2 aromatic rings. The Morgan fingerprint density at radius 1 is 1.13 bits per heavy atom. The molecule has 0 radical (unpaired) electrons. The summed E-state index contributed by atoms with van der Waals surface area (Å²) in [6.07, 6.45) is 3.04. The maximum absolute atomic E-state index is 3.84. The van der Waals surface area contributed by atoms with Gasteiger partial charge in [0.1, 0.15) is 0 Å². The molecule has 0 aromatic heterocycles. The van der Waals surface area contributed by atoms with Crippen molar-refractivity contribution in [2.75, 3.05) is 0 Å². The molecule has 0 aliphatic carbocycles. The SMILES string of the molecule is C=CCc1ccc2cccc3c2c1[Se][Se]3. The van der Waals surface area contributed by atoms with Crippen LogP contribution in [0.3, 0.4) is 0 Å². The molecule has 0 bridgehead atoms. The fourth-order valence-corrected chi connectivity index (χ4v) is 10.2. The molecule has 0 saturated carbocycles. The zero-order chi connectivity index (χ0) is 10.3. The molecule has 0 spiro atoms. The Morgan fingerprint density at radius 3 is 2.93 bits per heavy atom. The van der Waals surface area contributed by atoms with Crippen molar-refractivity contribution >= 4 is 46.0 Å². The summed E-state index contributed by atoms with van der Waals surface area (Å²) in [5.41, 5.74) is 1.50. The Labute approximate surface area is 101 Å². The third kappa shape index (κ3) is 1.49. The van der Waals surface area contributed by atoms with Crippen LogP contribution in [0.4, 0.5) is 0 Å². The molecular formula is C13H10Se2. The summed E-state index contributed by atoms with van der Waals surface area (Å²) in [6, 6.07) is 11.3. The van der Waals surface area contributed by atoms with E-state index in [0.717, 1.165) is 6.42 Å². The molecule has 2 heteroatoms. The zero-order valence-corrected chi connectivity index (χ0v) is 11.6. The molecule has 1 aliphatic heterocycles. The molecule has 74 valence electrons. The van der Waals surface area contributed by atoms with Gasteiger partial charge in [-0.05, 0) is 0 Å². The van der Waals surface area contributed by atoms with Crippen molar-refractivity contribution in [3.8, 4) is 0 Å². The molecule has 0 nitrogen and oxygen atoms in total. The standard InChI is InChI=1S/C13H10Se2/c1-2-4-10-8-7-9-5-3-6-11-12(9)13(10)15-14-11/h2-3,5-8H,1,4H2. The van der Waals surface area contributed by atoms with E-state index in [1.807, 2.05) is 6.08 Å². The Hall–Kier alpha value is -0.521. The second-order valence-electron chi connectivity index (χ2n) is 3.57. The van der Waals surface area contributed by atoms with E-state index in [-0.39, 0.29) is 0 Å². The van der Waals surface area contributed by atoms with Crippen LogP contribution in [0.15, 0.2) is 43.0 Å². The van der Waals surface area contributed by atoms with Gasteiger partial charge < -0.3 is 0 Å². The van der Waals surface area contributed by atoms with E-state index in [9.17, 15) is 0 Å². The van der Waals surface area contributed by atoms with Crippen molar-refractivity contribution in [1.29, 1.82) is 0 Å². The van der Waals surface area contributed by atoms with Gasteiger partial charge in [-0.2, -0.15) is 0 Å². The topological polar surface area (TPSA) is 0 Å². The quantitative estimate of drug-likeness (QED) is 0.574. The molecule has 15 heavy (non-hydrogen) atoms. The van der Waals surface area contributed by atoms with Crippen molar-refractivity contribution in [3.05, 3.63) is 48.6 Å². The van der Waals surface area contributed by atoms with E-state index < -0.39 is 0 Å². The predicted molar refractivity (Wildman–Crippen MR) is 68.6 cm³/mol. The molecule has 1 aliphatic rings. The molecule has 0 atom stereocenters. The van der Waals surface area contributed by atoms with E-state index >= 15 is 0 Å². The normalized spacial score (nSPS) is 13.3. The van der Waals surface area contributed by atoms with Gasteiger partial charge in [-0.25, -0.2) is 0 Å². The average Bonchev–Trinajstić information content (AvgIpc) is 2.69. The summed E-state index contributed by atoms with van der Waals surface area (Å²) in [7, 11) is 0. The summed E-state index contributed by atoms with van der Waals surface area (Å²) in [5, 5.41) is 2.99. The average molecular weight is 324 g/mol. The third-order valence-corrected chi connectivity index (χ3v) is 9.90. The van der Waals surface area contributed by atoms with E-state index in [0.29, 0.717) is 26.3 Å². The monoisotopic (exact) mass is 326 g/mol. The maximum atomic E-state index is 3.84. The van der Waals surface area contributed by atoms with E-state index in [4.69, 9.17) is 0 Å². The second-order valence-corrected chi connectivity index (χ2v) is 9.68. The molecule has 1 heterocycles. The van der Waals surface area contributed by atoms with Crippen LogP contribution < -0.4 is 8.92 Å². The Balaban J connectivity index is 2.35. The van der Waals surface area contributed by atoms with Crippen LogP contribution in [0.2, 0.25) is 0 Å². The third-order valence-electron chi connectivity index (χ3n) is 2.62. The minimum absolute atomic E-state index is 0.703. The van der Waals surface area contributed by atoms with Crippen LogP contribution in [-0.4, -0.2) is 26.3 Å². The van der Waals surface area contributed by atoms with Gasteiger partial charge in [0.05, 0.1) is 0 Å². The molecule has 2 aromatic carbocycles. The van der Waals surface area contributed by atoms with Gasteiger partial charge in [-0.3, -0.25) is 0 Å². The van der Waals surface area contributed by atoms with E-state index in [1.165, 1.54) is 10.9 Å². The van der Waals surface area contributed by atoms with Gasteiger partial charge in [-0.1, -0.05) is 0 Å². The Kier molecular flexibility index (Phi) is 2.46. The molecule has 0 fully saturated rings. The van der Waals surface area contributed by atoms with Crippen LogP contribution >= 0.6 is 0 Å². The van der Waals surface area contributed by atoms with Crippen molar-refractivity contribution in [1.82, 2.24) is 0 Å². The molecule has 0 amide bonds. The first-order valence-electron chi connectivity index (χ1n) is 4.90. The molecular weight excluding hydrogens is 314 g/mol. The predicted octanol–water partition coefficient (Wildman–Crippen LogP) is 1.16. The number of hydrogen-bond acceptors (Lipinski definition) is 0. The van der Waals surface area contributed by atoms with Crippen LogP contribution in [0.1, 0.15) is 5.56 Å². The van der Waals surface area contributed by atoms with Gasteiger partial charge in [0.15, 0.2) is 0 Å². The minimum atomic E-state index is 0.703. The first kappa shape index (κ1) is 9.69. The van der Waals surface area contributed by atoms with Crippen molar-refractivity contribution < 1.29 is 0 Å². The summed E-state index contributed by atoms with van der Waals surface area (Å²) < 4.78 is 3.26. The summed E-state index contributed by atoms with van der Waals surface area (Å²) >= 11 is 1.42. The fourth-order valence-electron chi connectivity index (χ4n) is 1.92. The first-order valence-corrected chi connectivity index (χ1v) is 10.9. The van der Waals surface area contributed by atoms with Gasteiger partial charge in [-0.15, -0.1) is 0 Å². The second kappa shape index (κ2) is 3.81. The first-order chi connectivity index (χ1) is 7.40. The van der Waals surface area contributed by atoms with Gasteiger partial charge in [0, 0.05) is 0 Å². The van der Waals surface area contributed by atoms with Gasteiger partial charge in [0.25, 0.3) is 0 Å². The number of hydrogen-bond donors (Lipinski definition) is 0. The van der Waals surface area contributed by atoms with Crippen LogP contribution in [0.25, 0.3) is 10.8 Å². The van der Waals surface area contributed by atoms with Crippen molar-refractivity contribution in [2.24, 2.45) is 0 Å². The Morgan fingerprint density at radius 2 is 2.07 bits per heavy atom. The summed E-state index contributed by atoms with van der Waals surface area (Å²) in [5.74, 6) is 0. The zero-order valence-electron chi connectivity index (χ0n) is 8.19. The van der Waals surface area contributed by atoms with Crippen molar-refractivity contribution in [2.45, 2.75) is 6.42 Å². The molecule has 0 saturated heterocycles. The van der Waals surface area contributed by atoms with E-state index in [1.54, 1.807) is 14.3 Å². The van der Waals surface area contributed by atoms with Gasteiger partial charge >= 0.3 is 101 Å². The number of rotatable bonds is 2. The van der Waals surface area contributed by atoms with Gasteiger partial charge in [0.2, 0.25) is 0 Å². The molecule has 0 N–H and O–H groups in total. The Bertz CT molecular complexity index is 543. The van der Waals surface area contributed by atoms with E-state index in [2.05, 4.69) is 36.9 Å². The summed E-state index contributed by atoms with van der Waals surface area (Å²) in [6.45, 7) is 3.84. The number of benzene rings is 2. The van der Waals surface area contributed by atoms with Crippen LogP contribution in [0.5, 0.6) is 0 Å². The van der Waals surface area contributed by atoms with Crippen molar-refractivity contribution in [3.63, 3.8) is 0 Å². The summed E-state index contributed by atoms with van der Waals surface area (Å²) in [4.78, 5) is 0. The fraction of sp³-hybridized carbons (Fsp3) is 0.0769. The molecule has 3 rings (SSSR count). The number of allylic oxidation sites excluding steroid dienone is 1. The van der Waals surface area contributed by atoms with Crippen LogP contribution in [-0.2, 0) is 6.42 Å². The van der Waals surface area contributed by atoms with Crippen LogP contribution in [0, 0.1) is 0 Å².